The number of aliphatic hydroxyl groups excluding tert-OH is 2. The van der Waals surface area contributed by atoms with E-state index in [9.17, 15) is 10.2 Å². The van der Waals surface area contributed by atoms with Crippen LogP contribution >= 0.6 is 0 Å². The minimum Gasteiger partial charge on any atom is -0.393 e. The van der Waals surface area contributed by atoms with Gasteiger partial charge in [-0.2, -0.15) is 4.57 Å². The maximum atomic E-state index is 11.3. The van der Waals surface area contributed by atoms with Crippen LogP contribution in [0.3, 0.4) is 0 Å². The van der Waals surface area contributed by atoms with Crippen molar-refractivity contribution in [3.63, 3.8) is 0 Å². The number of hydrogen-bond acceptors (Lipinski definition) is 2. The van der Waals surface area contributed by atoms with Crippen molar-refractivity contribution in [1.82, 2.24) is 0 Å². The van der Waals surface area contributed by atoms with E-state index in [0.717, 1.165) is 32.1 Å². The lowest BCUT2D eigenvalue weighted by molar-refractivity contribution is -0.590. The first-order valence-electron chi connectivity index (χ1n) is 11.0. The first-order chi connectivity index (χ1) is 12.9. The summed E-state index contributed by atoms with van der Waals surface area (Å²) in [4.78, 5) is 0. The Morgan fingerprint density at radius 3 is 2.52 bits per heavy atom. The van der Waals surface area contributed by atoms with Gasteiger partial charge in [-0.15, -0.1) is 0 Å². The molecule has 4 aliphatic carbocycles. The van der Waals surface area contributed by atoms with Crippen molar-refractivity contribution >= 4 is 5.70 Å². The third-order valence-electron chi connectivity index (χ3n) is 9.19. The smallest absolute Gasteiger partial charge is 0.189 e. The van der Waals surface area contributed by atoms with E-state index in [1.54, 1.807) is 0 Å². The maximum Gasteiger partial charge on any atom is 0.189 e. The summed E-state index contributed by atoms with van der Waals surface area (Å²) in [6.07, 6.45) is 13.8. The number of hydrogen-bond donors (Lipinski definition) is 2. The Balaban J connectivity index is 1.48. The standard InChI is InChI=1S/C24H34NO2/c1-23-10-8-17(26)14-16(23)15-20(27)22-18-6-7-21(25-12-4-3-5-13-25)24(18,2)11-9-19(22)23/h3-5,7,12-13,16-20,22,26-27H,6,8-11,14-15H2,1-2H3/q+1/t16?,17-,18-,19-,20+,22-,23-,24-/m0/s1. The summed E-state index contributed by atoms with van der Waals surface area (Å²) < 4.78 is 2.30. The summed E-state index contributed by atoms with van der Waals surface area (Å²) in [5.41, 5.74) is 1.89. The predicted octanol–water partition coefficient (Wildman–Crippen LogP) is 3.80. The van der Waals surface area contributed by atoms with E-state index in [-0.39, 0.29) is 17.6 Å². The molecule has 3 nitrogen and oxygen atoms in total. The zero-order chi connectivity index (χ0) is 18.8. The van der Waals surface area contributed by atoms with Crippen LogP contribution in [0.2, 0.25) is 0 Å². The molecule has 3 heteroatoms. The number of allylic oxidation sites excluding steroid dienone is 2. The summed E-state index contributed by atoms with van der Waals surface area (Å²) in [5, 5.41) is 21.5. The van der Waals surface area contributed by atoms with Crippen LogP contribution < -0.4 is 4.57 Å². The number of pyridine rings is 1. The number of aliphatic hydroxyl groups is 2. The molecule has 0 aliphatic heterocycles. The van der Waals surface area contributed by atoms with E-state index in [2.05, 4.69) is 55.1 Å². The molecule has 0 spiro atoms. The van der Waals surface area contributed by atoms with Gasteiger partial charge in [-0.1, -0.05) is 13.0 Å². The highest BCUT2D eigenvalue weighted by Gasteiger charge is 2.62. The van der Waals surface area contributed by atoms with Gasteiger partial charge in [0.2, 0.25) is 0 Å². The summed E-state index contributed by atoms with van der Waals surface area (Å²) in [6.45, 7) is 4.92. The van der Waals surface area contributed by atoms with E-state index in [1.165, 1.54) is 18.5 Å². The normalized spacial score (nSPS) is 49.0. The second-order valence-electron chi connectivity index (χ2n) is 10.3. The van der Waals surface area contributed by atoms with Gasteiger partial charge in [-0.25, -0.2) is 0 Å². The van der Waals surface area contributed by atoms with Crippen LogP contribution in [-0.2, 0) is 0 Å². The fraction of sp³-hybridized carbons (Fsp3) is 0.708. The van der Waals surface area contributed by atoms with Crippen molar-refractivity contribution in [2.45, 2.75) is 71.0 Å². The molecule has 3 fully saturated rings. The zero-order valence-corrected chi connectivity index (χ0v) is 16.7. The van der Waals surface area contributed by atoms with Crippen LogP contribution in [0, 0.1) is 34.5 Å². The second kappa shape index (κ2) is 6.15. The first-order valence-corrected chi connectivity index (χ1v) is 11.0. The molecule has 8 atom stereocenters. The van der Waals surface area contributed by atoms with Crippen molar-refractivity contribution in [2.75, 3.05) is 0 Å². The van der Waals surface area contributed by atoms with E-state index >= 15 is 0 Å². The number of aromatic nitrogens is 1. The molecule has 5 rings (SSSR count). The van der Waals surface area contributed by atoms with Crippen molar-refractivity contribution in [3.8, 4) is 0 Å². The minimum absolute atomic E-state index is 0.157. The summed E-state index contributed by atoms with van der Waals surface area (Å²) >= 11 is 0. The molecule has 2 N–H and O–H groups in total. The van der Waals surface area contributed by atoms with Crippen molar-refractivity contribution in [3.05, 3.63) is 36.7 Å². The van der Waals surface area contributed by atoms with Gasteiger partial charge in [0.1, 0.15) is 0 Å². The molecule has 146 valence electrons. The van der Waals surface area contributed by atoms with Gasteiger partial charge in [0.05, 0.1) is 17.6 Å². The largest absolute Gasteiger partial charge is 0.393 e. The molecule has 4 aliphatic rings. The monoisotopic (exact) mass is 368 g/mol. The van der Waals surface area contributed by atoms with Crippen LogP contribution in [0.1, 0.15) is 58.8 Å². The molecule has 1 aromatic rings. The molecule has 1 aromatic heterocycles. The number of fused-ring (bicyclic) bond motifs is 5. The Morgan fingerprint density at radius 1 is 0.963 bits per heavy atom. The third-order valence-corrected chi connectivity index (χ3v) is 9.19. The van der Waals surface area contributed by atoms with Crippen molar-refractivity contribution in [1.29, 1.82) is 0 Å². The molecule has 27 heavy (non-hydrogen) atoms. The zero-order valence-electron chi connectivity index (χ0n) is 16.7. The molecular formula is C24H34NO2+. The number of rotatable bonds is 1. The van der Waals surface area contributed by atoms with Gasteiger partial charge in [-0.05, 0) is 87.0 Å². The van der Waals surface area contributed by atoms with Gasteiger partial charge in [0.15, 0.2) is 18.1 Å². The molecule has 0 aromatic carbocycles. The molecular weight excluding hydrogens is 334 g/mol. The Hall–Kier alpha value is -1.19. The lowest BCUT2D eigenvalue weighted by Crippen LogP contribution is -2.59. The maximum absolute atomic E-state index is 11.3. The Kier molecular flexibility index (Phi) is 4.07. The van der Waals surface area contributed by atoms with E-state index in [0.29, 0.717) is 29.1 Å². The topological polar surface area (TPSA) is 44.3 Å². The van der Waals surface area contributed by atoms with Gasteiger partial charge in [-0.3, -0.25) is 0 Å². The lowest BCUT2D eigenvalue weighted by Gasteiger charge is -2.61. The summed E-state index contributed by atoms with van der Waals surface area (Å²) in [6, 6.07) is 6.29. The molecule has 0 radical (unpaired) electrons. The fourth-order valence-electron chi connectivity index (χ4n) is 7.71. The van der Waals surface area contributed by atoms with Gasteiger partial charge in [0, 0.05) is 12.1 Å². The van der Waals surface area contributed by atoms with Gasteiger partial charge >= 0.3 is 0 Å². The Bertz CT molecular complexity index is 746. The average Bonchev–Trinajstić information content (AvgIpc) is 3.01. The Labute approximate surface area is 163 Å². The third kappa shape index (κ3) is 2.50. The molecule has 0 saturated heterocycles. The van der Waals surface area contributed by atoms with Crippen LogP contribution in [0.15, 0.2) is 36.7 Å². The summed E-state index contributed by atoms with van der Waals surface area (Å²) in [5.74, 6) is 2.03. The van der Waals surface area contributed by atoms with Crippen LogP contribution in [-0.4, -0.2) is 22.4 Å². The predicted molar refractivity (Wildman–Crippen MR) is 105 cm³/mol. The molecule has 0 bridgehead atoms. The molecule has 1 heterocycles. The fourth-order valence-corrected chi connectivity index (χ4v) is 7.71. The van der Waals surface area contributed by atoms with Crippen LogP contribution in [0.4, 0.5) is 0 Å². The van der Waals surface area contributed by atoms with E-state index in [4.69, 9.17) is 0 Å². The number of nitrogens with zero attached hydrogens (tertiary/aromatic N) is 1. The quantitative estimate of drug-likeness (QED) is 0.741. The summed E-state index contributed by atoms with van der Waals surface area (Å²) in [7, 11) is 0. The van der Waals surface area contributed by atoms with Gasteiger partial charge in [0.25, 0.3) is 0 Å². The SMILES string of the molecule is C[C@]12CC[C@H](O)CC1C[C@@H](O)[C@@H]1[C@@H]2CC[C@]2(C)C([n+]3ccccc3)=CC[C@@H]12. The second-order valence-corrected chi connectivity index (χ2v) is 10.3. The minimum atomic E-state index is -0.212. The molecule has 3 saturated carbocycles. The highest BCUT2D eigenvalue weighted by molar-refractivity contribution is 5.48. The lowest BCUT2D eigenvalue weighted by atomic mass is 9.44. The van der Waals surface area contributed by atoms with Crippen LogP contribution in [0.5, 0.6) is 0 Å². The van der Waals surface area contributed by atoms with Crippen molar-refractivity contribution < 1.29 is 14.8 Å². The average molecular weight is 369 g/mol. The van der Waals surface area contributed by atoms with Gasteiger partial charge < -0.3 is 10.2 Å². The first kappa shape index (κ1) is 17.9. The van der Waals surface area contributed by atoms with Crippen molar-refractivity contribution in [2.24, 2.45) is 34.5 Å². The molecule has 0 amide bonds. The van der Waals surface area contributed by atoms with E-state index in [1.807, 2.05) is 0 Å². The van der Waals surface area contributed by atoms with E-state index < -0.39 is 0 Å². The highest BCUT2D eigenvalue weighted by Crippen LogP contribution is 2.66. The Morgan fingerprint density at radius 2 is 1.74 bits per heavy atom. The van der Waals surface area contributed by atoms with Crippen LogP contribution in [0.25, 0.3) is 5.70 Å². The highest BCUT2D eigenvalue weighted by atomic mass is 16.3. The molecule has 1 unspecified atom stereocenters.